The Kier molecular flexibility index (Phi) is 9.33. The number of hydrogen-bond acceptors (Lipinski definition) is 4. The molecule has 2 N–H and O–H groups in total. The quantitative estimate of drug-likeness (QED) is 0.190. The predicted molar refractivity (Wildman–Crippen MR) is 137 cm³/mol. The summed E-state index contributed by atoms with van der Waals surface area (Å²) in [5, 5.41) is 8.50. The molecule has 6 nitrogen and oxygen atoms in total. The molecule has 0 saturated heterocycles. The standard InChI is InChI=1S/C25H22Cl3N3O3/c1-16(30-31-24(32)6-3-13-34-23-12-11-20(27)15-22(23)28)18-4-2-5-21(14-18)29-25(33)17-7-9-19(26)10-8-17/h2,4-5,7-12,14-15H,3,6,13H2,1H3,(H,29,33)(H,31,32). The zero-order valence-corrected chi connectivity index (χ0v) is 20.5. The van der Waals surface area contributed by atoms with Crippen LogP contribution in [0.1, 0.15) is 35.7 Å². The van der Waals surface area contributed by atoms with Gasteiger partial charge in [-0.1, -0.05) is 46.9 Å². The number of hydrazone groups is 1. The van der Waals surface area contributed by atoms with Crippen LogP contribution in [0, 0.1) is 0 Å². The molecule has 3 rings (SSSR count). The molecular weight excluding hydrogens is 497 g/mol. The average Bonchev–Trinajstić information content (AvgIpc) is 2.82. The molecule has 0 radical (unpaired) electrons. The highest BCUT2D eigenvalue weighted by Crippen LogP contribution is 2.27. The number of carbonyl (C=O) groups is 2. The summed E-state index contributed by atoms with van der Waals surface area (Å²) in [6.07, 6.45) is 0.727. The summed E-state index contributed by atoms with van der Waals surface area (Å²) in [5.41, 5.74) is 5.00. The van der Waals surface area contributed by atoms with E-state index in [0.717, 1.165) is 5.56 Å². The SMILES string of the molecule is CC(=NNC(=O)CCCOc1ccc(Cl)cc1Cl)c1cccc(NC(=O)c2ccc(Cl)cc2)c1. The van der Waals surface area contributed by atoms with E-state index in [1.165, 1.54) is 0 Å². The van der Waals surface area contributed by atoms with Crippen molar-refractivity contribution in [2.75, 3.05) is 11.9 Å². The maximum absolute atomic E-state index is 12.4. The number of nitrogens with one attached hydrogen (secondary N) is 2. The van der Waals surface area contributed by atoms with Crippen molar-refractivity contribution in [2.45, 2.75) is 19.8 Å². The van der Waals surface area contributed by atoms with Crippen LogP contribution < -0.4 is 15.5 Å². The van der Waals surface area contributed by atoms with E-state index in [1.807, 2.05) is 6.07 Å². The van der Waals surface area contributed by atoms with Gasteiger partial charge in [0.15, 0.2) is 0 Å². The van der Waals surface area contributed by atoms with Gasteiger partial charge in [-0.25, -0.2) is 5.43 Å². The molecule has 0 fully saturated rings. The van der Waals surface area contributed by atoms with Crippen molar-refractivity contribution in [1.82, 2.24) is 5.43 Å². The number of benzene rings is 3. The first-order valence-electron chi connectivity index (χ1n) is 10.4. The number of carbonyl (C=O) groups excluding carboxylic acids is 2. The molecule has 2 amide bonds. The molecule has 0 spiro atoms. The molecule has 0 saturated carbocycles. The lowest BCUT2D eigenvalue weighted by Crippen LogP contribution is -2.19. The van der Waals surface area contributed by atoms with Gasteiger partial charge in [-0.3, -0.25) is 9.59 Å². The molecule has 0 atom stereocenters. The van der Waals surface area contributed by atoms with E-state index < -0.39 is 0 Å². The molecule has 0 unspecified atom stereocenters. The molecular formula is C25H22Cl3N3O3. The fourth-order valence-electron chi connectivity index (χ4n) is 2.90. The lowest BCUT2D eigenvalue weighted by molar-refractivity contribution is -0.121. The minimum atomic E-state index is -0.251. The molecule has 0 heterocycles. The number of hydrogen-bond donors (Lipinski definition) is 2. The van der Waals surface area contributed by atoms with E-state index in [2.05, 4.69) is 15.8 Å². The van der Waals surface area contributed by atoms with Gasteiger partial charge < -0.3 is 10.1 Å². The van der Waals surface area contributed by atoms with Crippen LogP contribution in [0.2, 0.25) is 15.1 Å². The molecule has 0 bridgehead atoms. The van der Waals surface area contributed by atoms with Crippen molar-refractivity contribution in [3.05, 3.63) is 92.9 Å². The van der Waals surface area contributed by atoms with Gasteiger partial charge in [0.05, 0.1) is 17.3 Å². The number of amides is 2. The number of halogens is 3. The van der Waals surface area contributed by atoms with E-state index in [1.54, 1.807) is 67.6 Å². The van der Waals surface area contributed by atoms with E-state index in [4.69, 9.17) is 39.5 Å². The molecule has 9 heteroatoms. The number of anilines is 1. The molecule has 3 aromatic rings. The van der Waals surface area contributed by atoms with Crippen molar-refractivity contribution in [3.8, 4) is 5.75 Å². The summed E-state index contributed by atoms with van der Waals surface area (Å²) in [6, 6.07) is 18.8. The van der Waals surface area contributed by atoms with Gasteiger partial charge in [-0.2, -0.15) is 5.10 Å². The highest BCUT2D eigenvalue weighted by molar-refractivity contribution is 6.35. The molecule has 34 heavy (non-hydrogen) atoms. The summed E-state index contributed by atoms with van der Waals surface area (Å²) in [5.74, 6) is 0.0274. The first kappa shape index (κ1) is 25.6. The summed E-state index contributed by atoms with van der Waals surface area (Å²) in [6.45, 7) is 2.10. The average molecular weight is 519 g/mol. The fourth-order valence-corrected chi connectivity index (χ4v) is 3.49. The Morgan fingerprint density at radius 1 is 0.912 bits per heavy atom. The zero-order chi connectivity index (χ0) is 24.5. The Morgan fingerprint density at radius 2 is 1.65 bits per heavy atom. The van der Waals surface area contributed by atoms with Crippen LogP contribution in [0.5, 0.6) is 5.75 Å². The predicted octanol–water partition coefficient (Wildman–Crippen LogP) is 6.60. The third-order valence-corrected chi connectivity index (χ3v) is 5.48. The summed E-state index contributed by atoms with van der Waals surface area (Å²) >= 11 is 17.8. The highest BCUT2D eigenvalue weighted by Gasteiger charge is 2.08. The number of ether oxygens (including phenoxy) is 1. The minimum absolute atomic E-state index is 0.235. The van der Waals surface area contributed by atoms with Gasteiger partial charge in [0.2, 0.25) is 5.91 Å². The van der Waals surface area contributed by atoms with Crippen LogP contribution in [-0.4, -0.2) is 24.1 Å². The van der Waals surface area contributed by atoms with Crippen LogP contribution in [0.25, 0.3) is 0 Å². The van der Waals surface area contributed by atoms with Crippen molar-refractivity contribution in [2.24, 2.45) is 5.10 Å². The fraction of sp³-hybridized carbons (Fsp3) is 0.160. The highest BCUT2D eigenvalue weighted by atomic mass is 35.5. The topological polar surface area (TPSA) is 79.8 Å². The summed E-state index contributed by atoms with van der Waals surface area (Å²) < 4.78 is 5.57. The first-order valence-corrected chi connectivity index (χ1v) is 11.5. The third kappa shape index (κ3) is 7.76. The molecule has 3 aromatic carbocycles. The number of rotatable bonds is 9. The van der Waals surface area contributed by atoms with Gasteiger partial charge in [-0.05, 0) is 73.5 Å². The van der Waals surface area contributed by atoms with Gasteiger partial charge in [0.25, 0.3) is 5.91 Å². The zero-order valence-electron chi connectivity index (χ0n) is 18.3. The summed E-state index contributed by atoms with van der Waals surface area (Å²) in [4.78, 5) is 24.5. The summed E-state index contributed by atoms with van der Waals surface area (Å²) in [7, 11) is 0. The second-order valence-electron chi connectivity index (χ2n) is 7.30. The maximum atomic E-state index is 12.4. The first-order chi connectivity index (χ1) is 16.3. The monoisotopic (exact) mass is 517 g/mol. The Balaban J connectivity index is 1.48. The lowest BCUT2D eigenvalue weighted by atomic mass is 10.1. The Hall–Kier alpha value is -3.06. The molecule has 0 aromatic heterocycles. The van der Waals surface area contributed by atoms with E-state index in [-0.39, 0.29) is 18.2 Å². The normalized spacial score (nSPS) is 11.1. The van der Waals surface area contributed by atoms with Gasteiger partial charge in [0.1, 0.15) is 5.75 Å². The smallest absolute Gasteiger partial charge is 0.255 e. The lowest BCUT2D eigenvalue weighted by Gasteiger charge is -2.09. The van der Waals surface area contributed by atoms with Crippen molar-refractivity contribution < 1.29 is 14.3 Å². The molecule has 0 aliphatic carbocycles. The van der Waals surface area contributed by atoms with Crippen LogP contribution >= 0.6 is 34.8 Å². The van der Waals surface area contributed by atoms with E-state index in [0.29, 0.717) is 50.8 Å². The third-order valence-electron chi connectivity index (χ3n) is 4.69. The van der Waals surface area contributed by atoms with Crippen LogP contribution in [0.3, 0.4) is 0 Å². The van der Waals surface area contributed by atoms with Crippen molar-refractivity contribution in [3.63, 3.8) is 0 Å². The van der Waals surface area contributed by atoms with Gasteiger partial charge in [0, 0.05) is 27.7 Å². The Bertz CT molecular complexity index is 1200. The Labute approximate surface area is 212 Å². The Morgan fingerprint density at radius 3 is 2.38 bits per heavy atom. The van der Waals surface area contributed by atoms with Crippen LogP contribution in [0.4, 0.5) is 5.69 Å². The van der Waals surface area contributed by atoms with Gasteiger partial charge >= 0.3 is 0 Å². The second kappa shape index (κ2) is 12.4. The molecule has 0 aliphatic rings. The number of nitrogens with zero attached hydrogens (tertiary/aromatic N) is 1. The maximum Gasteiger partial charge on any atom is 0.255 e. The largest absolute Gasteiger partial charge is 0.492 e. The molecule has 0 aliphatic heterocycles. The minimum Gasteiger partial charge on any atom is -0.492 e. The van der Waals surface area contributed by atoms with Crippen molar-refractivity contribution in [1.29, 1.82) is 0 Å². The second-order valence-corrected chi connectivity index (χ2v) is 8.58. The van der Waals surface area contributed by atoms with E-state index >= 15 is 0 Å². The molecule has 176 valence electrons. The van der Waals surface area contributed by atoms with E-state index in [9.17, 15) is 9.59 Å². The van der Waals surface area contributed by atoms with Crippen molar-refractivity contribution >= 4 is 58.0 Å². The van der Waals surface area contributed by atoms with Gasteiger partial charge in [-0.15, -0.1) is 0 Å². The van der Waals surface area contributed by atoms with Crippen LogP contribution in [-0.2, 0) is 4.79 Å². The van der Waals surface area contributed by atoms with Crippen LogP contribution in [0.15, 0.2) is 71.8 Å².